The summed E-state index contributed by atoms with van der Waals surface area (Å²) in [7, 11) is 0. The van der Waals surface area contributed by atoms with Gasteiger partial charge in [-0.2, -0.15) is 0 Å². The molecule has 0 aliphatic rings. The highest BCUT2D eigenvalue weighted by Gasteiger charge is 2.14. The second-order valence-corrected chi connectivity index (χ2v) is 6.52. The Labute approximate surface area is 145 Å². The Morgan fingerprint density at radius 2 is 2.08 bits per heavy atom. The number of hydrogen-bond donors (Lipinski definition) is 1. The van der Waals surface area contributed by atoms with Crippen LogP contribution in [-0.2, 0) is 4.79 Å². The van der Waals surface area contributed by atoms with Crippen LogP contribution in [0.1, 0.15) is 26.7 Å². The standard InChI is InChI=1S/C17H21N5OS/c1-3-5-10-22(4-2)14(23)11-24-17-19-16-15(20-21-17)12-8-6-7-9-13(12)18-16/h6-9H,3-5,10-11H2,1-2H3,(H,18,19,21). The number of fused-ring (bicyclic) bond motifs is 3. The molecule has 0 aliphatic carbocycles. The highest BCUT2D eigenvalue weighted by Crippen LogP contribution is 2.23. The fourth-order valence-corrected chi connectivity index (χ4v) is 3.28. The lowest BCUT2D eigenvalue weighted by molar-refractivity contribution is -0.128. The minimum Gasteiger partial charge on any atom is -0.342 e. The summed E-state index contributed by atoms with van der Waals surface area (Å²) < 4.78 is 0. The van der Waals surface area contributed by atoms with Gasteiger partial charge in [-0.05, 0) is 19.4 Å². The molecule has 6 nitrogen and oxygen atoms in total. The highest BCUT2D eigenvalue weighted by molar-refractivity contribution is 7.99. The maximum atomic E-state index is 12.3. The lowest BCUT2D eigenvalue weighted by atomic mass is 10.2. The highest BCUT2D eigenvalue weighted by atomic mass is 32.2. The number of thioether (sulfide) groups is 1. The number of carbonyl (C=O) groups is 1. The van der Waals surface area contributed by atoms with Crippen LogP contribution in [0.5, 0.6) is 0 Å². The summed E-state index contributed by atoms with van der Waals surface area (Å²) in [5.41, 5.74) is 2.46. The van der Waals surface area contributed by atoms with Crippen LogP contribution in [0.4, 0.5) is 0 Å². The molecule has 0 bridgehead atoms. The Morgan fingerprint density at radius 3 is 2.88 bits per heavy atom. The molecule has 0 spiro atoms. The maximum absolute atomic E-state index is 12.3. The third-order valence-electron chi connectivity index (χ3n) is 3.94. The summed E-state index contributed by atoms with van der Waals surface area (Å²) in [5.74, 6) is 0.460. The molecule has 0 atom stereocenters. The number of nitrogens with one attached hydrogen (secondary N) is 1. The van der Waals surface area contributed by atoms with Crippen LogP contribution in [0.3, 0.4) is 0 Å². The van der Waals surface area contributed by atoms with Crippen LogP contribution in [0.25, 0.3) is 22.1 Å². The lowest BCUT2D eigenvalue weighted by Gasteiger charge is -2.20. The molecule has 0 radical (unpaired) electrons. The van der Waals surface area contributed by atoms with Crippen molar-refractivity contribution in [1.29, 1.82) is 0 Å². The van der Waals surface area contributed by atoms with E-state index < -0.39 is 0 Å². The van der Waals surface area contributed by atoms with Gasteiger partial charge in [0.05, 0.1) is 5.75 Å². The number of amides is 1. The van der Waals surface area contributed by atoms with Gasteiger partial charge in [0.25, 0.3) is 0 Å². The van der Waals surface area contributed by atoms with Crippen LogP contribution in [0.2, 0.25) is 0 Å². The number of unbranched alkanes of at least 4 members (excludes halogenated alkanes) is 1. The first kappa shape index (κ1) is 16.7. The molecular weight excluding hydrogens is 322 g/mol. The zero-order valence-electron chi connectivity index (χ0n) is 14.0. The quantitative estimate of drug-likeness (QED) is 0.667. The average Bonchev–Trinajstić information content (AvgIpc) is 2.98. The van der Waals surface area contributed by atoms with E-state index in [9.17, 15) is 4.79 Å². The second-order valence-electron chi connectivity index (χ2n) is 5.58. The molecule has 1 aromatic carbocycles. The molecule has 1 N–H and O–H groups in total. The normalized spacial score (nSPS) is 11.2. The van der Waals surface area contributed by atoms with Crippen molar-refractivity contribution in [3.8, 4) is 0 Å². The monoisotopic (exact) mass is 343 g/mol. The molecule has 0 saturated heterocycles. The minimum atomic E-state index is 0.122. The van der Waals surface area contributed by atoms with Crippen molar-refractivity contribution >= 4 is 39.7 Å². The molecule has 24 heavy (non-hydrogen) atoms. The average molecular weight is 343 g/mol. The first-order valence-electron chi connectivity index (χ1n) is 8.24. The molecule has 7 heteroatoms. The van der Waals surface area contributed by atoms with Crippen molar-refractivity contribution < 1.29 is 4.79 Å². The van der Waals surface area contributed by atoms with Crippen molar-refractivity contribution in [3.05, 3.63) is 24.3 Å². The number of hydrogen-bond acceptors (Lipinski definition) is 5. The van der Waals surface area contributed by atoms with Gasteiger partial charge >= 0.3 is 0 Å². The zero-order valence-corrected chi connectivity index (χ0v) is 14.8. The van der Waals surface area contributed by atoms with Crippen molar-refractivity contribution in [2.24, 2.45) is 0 Å². The van der Waals surface area contributed by atoms with E-state index >= 15 is 0 Å². The van der Waals surface area contributed by atoms with Gasteiger partial charge in [-0.1, -0.05) is 43.3 Å². The number of benzene rings is 1. The van der Waals surface area contributed by atoms with Crippen molar-refractivity contribution in [3.63, 3.8) is 0 Å². The summed E-state index contributed by atoms with van der Waals surface area (Å²) in [4.78, 5) is 21.9. The van der Waals surface area contributed by atoms with Gasteiger partial charge in [-0.15, -0.1) is 10.2 Å². The number of carbonyl (C=O) groups excluding carboxylic acids is 1. The number of nitrogens with zero attached hydrogens (tertiary/aromatic N) is 4. The first-order chi connectivity index (χ1) is 11.7. The predicted octanol–water partition coefficient (Wildman–Crippen LogP) is 3.25. The lowest BCUT2D eigenvalue weighted by Crippen LogP contribution is -2.33. The third kappa shape index (κ3) is 3.51. The van der Waals surface area contributed by atoms with Gasteiger partial charge in [0.15, 0.2) is 5.65 Å². The Morgan fingerprint density at radius 1 is 1.25 bits per heavy atom. The molecule has 0 fully saturated rings. The molecule has 126 valence electrons. The number of aromatic nitrogens is 4. The molecule has 2 heterocycles. The van der Waals surface area contributed by atoms with E-state index in [0.29, 0.717) is 16.6 Å². The largest absolute Gasteiger partial charge is 0.342 e. The molecule has 1 amide bonds. The van der Waals surface area contributed by atoms with Crippen molar-refractivity contribution in [2.75, 3.05) is 18.8 Å². The molecule has 0 unspecified atom stereocenters. The molecule has 0 saturated carbocycles. The van der Waals surface area contributed by atoms with E-state index in [4.69, 9.17) is 0 Å². The Hall–Kier alpha value is -2.15. The Balaban J connectivity index is 1.71. The van der Waals surface area contributed by atoms with E-state index in [2.05, 4.69) is 27.1 Å². The van der Waals surface area contributed by atoms with Gasteiger partial charge < -0.3 is 9.88 Å². The van der Waals surface area contributed by atoms with Crippen molar-refractivity contribution in [1.82, 2.24) is 25.1 Å². The van der Waals surface area contributed by atoms with Crippen molar-refractivity contribution in [2.45, 2.75) is 31.8 Å². The Kier molecular flexibility index (Phi) is 5.30. The van der Waals surface area contributed by atoms with Crippen LogP contribution in [0, 0.1) is 0 Å². The summed E-state index contributed by atoms with van der Waals surface area (Å²) in [6.07, 6.45) is 2.12. The molecule has 3 aromatic rings. The summed E-state index contributed by atoms with van der Waals surface area (Å²) in [6, 6.07) is 7.92. The summed E-state index contributed by atoms with van der Waals surface area (Å²) in [5, 5.41) is 9.97. The fourth-order valence-electron chi connectivity index (χ4n) is 2.59. The van der Waals surface area contributed by atoms with E-state index in [0.717, 1.165) is 42.4 Å². The van der Waals surface area contributed by atoms with Gasteiger partial charge in [-0.3, -0.25) is 4.79 Å². The van der Waals surface area contributed by atoms with Crippen LogP contribution >= 0.6 is 11.8 Å². The number of H-pyrrole nitrogens is 1. The van der Waals surface area contributed by atoms with E-state index in [1.807, 2.05) is 36.1 Å². The second kappa shape index (κ2) is 7.61. The zero-order chi connectivity index (χ0) is 16.9. The van der Waals surface area contributed by atoms with Crippen LogP contribution < -0.4 is 0 Å². The first-order valence-corrected chi connectivity index (χ1v) is 9.23. The number of aromatic amines is 1. The van der Waals surface area contributed by atoms with E-state index in [1.54, 1.807) is 0 Å². The smallest absolute Gasteiger partial charge is 0.233 e. The molecule has 3 rings (SSSR count). The van der Waals surface area contributed by atoms with Gasteiger partial charge in [0.2, 0.25) is 11.1 Å². The Bertz CT molecular complexity index is 847. The number of rotatable bonds is 7. The summed E-state index contributed by atoms with van der Waals surface area (Å²) in [6.45, 7) is 5.68. The SMILES string of the molecule is CCCCN(CC)C(=O)CSc1nnc2c(n1)[nH]c1ccccc12. The van der Waals surface area contributed by atoms with Gasteiger partial charge in [-0.25, -0.2) is 4.98 Å². The molecular formula is C17H21N5OS. The van der Waals surface area contributed by atoms with Crippen LogP contribution in [-0.4, -0.2) is 49.8 Å². The maximum Gasteiger partial charge on any atom is 0.233 e. The van der Waals surface area contributed by atoms with Crippen LogP contribution in [0.15, 0.2) is 29.4 Å². The number of para-hydroxylation sites is 1. The predicted molar refractivity (Wildman–Crippen MR) is 97.1 cm³/mol. The van der Waals surface area contributed by atoms with Gasteiger partial charge in [0, 0.05) is 24.0 Å². The minimum absolute atomic E-state index is 0.122. The molecule has 2 aromatic heterocycles. The molecule has 0 aliphatic heterocycles. The van der Waals surface area contributed by atoms with E-state index in [1.165, 1.54) is 11.8 Å². The van der Waals surface area contributed by atoms with E-state index in [-0.39, 0.29) is 5.91 Å². The third-order valence-corrected chi connectivity index (χ3v) is 4.77. The van der Waals surface area contributed by atoms with Gasteiger partial charge in [0.1, 0.15) is 5.52 Å². The summed E-state index contributed by atoms with van der Waals surface area (Å²) >= 11 is 1.33. The fraction of sp³-hybridized carbons (Fsp3) is 0.412. The topological polar surface area (TPSA) is 74.8 Å².